The first-order valence-electron chi connectivity index (χ1n) is 13.8. The molecule has 9 heteroatoms. The monoisotopic (exact) mass is 604 g/mol. The van der Waals surface area contributed by atoms with Crippen molar-refractivity contribution >= 4 is 35.0 Å². The lowest BCUT2D eigenvalue weighted by atomic mass is 9.96. The molecule has 1 unspecified atom stereocenters. The number of allylic oxidation sites excluding steroid dienone is 1. The van der Waals surface area contributed by atoms with Crippen molar-refractivity contribution in [3.05, 3.63) is 131 Å². The highest BCUT2D eigenvalue weighted by Crippen LogP contribution is 2.32. The van der Waals surface area contributed by atoms with Crippen LogP contribution in [0, 0.1) is 5.82 Å². The zero-order valence-corrected chi connectivity index (χ0v) is 24.9. The Kier molecular flexibility index (Phi) is 9.35. The van der Waals surface area contributed by atoms with Crippen LogP contribution >= 0.6 is 22.9 Å². The van der Waals surface area contributed by atoms with Crippen molar-refractivity contribution in [3.8, 4) is 5.75 Å². The van der Waals surface area contributed by atoms with Crippen molar-refractivity contribution in [3.63, 3.8) is 0 Å². The molecular weight excluding hydrogens is 575 g/mol. The molecule has 3 aromatic carbocycles. The van der Waals surface area contributed by atoms with E-state index >= 15 is 0 Å². The summed E-state index contributed by atoms with van der Waals surface area (Å²) in [6.07, 6.45) is 4.58. The number of hydrogen-bond donors (Lipinski definition) is 0. The van der Waals surface area contributed by atoms with Gasteiger partial charge >= 0.3 is 5.97 Å². The summed E-state index contributed by atoms with van der Waals surface area (Å²) in [6, 6.07) is 20.3. The Bertz CT molecular complexity index is 1780. The number of fused-ring (bicyclic) bond motifs is 1. The van der Waals surface area contributed by atoms with Gasteiger partial charge in [0, 0.05) is 5.56 Å². The first kappa shape index (κ1) is 29.5. The Morgan fingerprint density at radius 3 is 2.55 bits per heavy atom. The fraction of sp³-hybridized carbons (Fsp3) is 0.242. The molecule has 0 saturated carbocycles. The molecule has 2 heterocycles. The van der Waals surface area contributed by atoms with E-state index in [1.807, 2.05) is 54.6 Å². The van der Waals surface area contributed by atoms with Crippen molar-refractivity contribution in [2.45, 2.75) is 45.8 Å². The average molecular weight is 605 g/mol. The smallest absolute Gasteiger partial charge is 0.338 e. The maximum Gasteiger partial charge on any atom is 0.338 e. The summed E-state index contributed by atoms with van der Waals surface area (Å²) in [4.78, 5) is 32.5. The molecular formula is C33H30ClFN2O4S. The number of hydrogen-bond acceptors (Lipinski definition) is 6. The number of thiazole rings is 1. The molecule has 1 aliphatic heterocycles. The first-order chi connectivity index (χ1) is 20.4. The molecule has 1 aliphatic rings. The molecule has 0 N–H and O–H groups in total. The SMILES string of the molecule is CCCCCOc1ccc(C2C(C(=O)OCc3ccccc3)=C(C)N=c3s/c(=C\c4c(F)cccc4Cl)c(=O)n32)cc1. The summed E-state index contributed by atoms with van der Waals surface area (Å²) in [7, 11) is 0. The van der Waals surface area contributed by atoms with Crippen LogP contribution in [0.2, 0.25) is 5.02 Å². The Balaban J connectivity index is 1.57. The minimum atomic E-state index is -0.808. The Hall–Kier alpha value is -4.01. The average Bonchev–Trinajstić information content (AvgIpc) is 3.30. The fourth-order valence-electron chi connectivity index (χ4n) is 4.77. The number of esters is 1. The zero-order chi connectivity index (χ0) is 29.6. The van der Waals surface area contributed by atoms with Gasteiger partial charge in [-0.3, -0.25) is 9.36 Å². The van der Waals surface area contributed by atoms with Gasteiger partial charge in [0.15, 0.2) is 4.80 Å². The van der Waals surface area contributed by atoms with Gasteiger partial charge in [0.1, 0.15) is 18.2 Å². The molecule has 4 aromatic rings. The van der Waals surface area contributed by atoms with Crippen molar-refractivity contribution in [2.24, 2.45) is 4.99 Å². The number of halogens is 2. The lowest BCUT2D eigenvalue weighted by Crippen LogP contribution is -2.39. The second kappa shape index (κ2) is 13.3. The van der Waals surface area contributed by atoms with Gasteiger partial charge in [0.05, 0.1) is 33.5 Å². The molecule has 0 saturated heterocycles. The number of ether oxygens (including phenoxy) is 2. The maximum atomic E-state index is 14.6. The summed E-state index contributed by atoms with van der Waals surface area (Å²) in [5, 5.41) is 0.188. The molecule has 0 amide bonds. The number of rotatable bonds is 10. The van der Waals surface area contributed by atoms with Gasteiger partial charge < -0.3 is 9.47 Å². The van der Waals surface area contributed by atoms with Crippen LogP contribution in [-0.2, 0) is 16.1 Å². The van der Waals surface area contributed by atoms with E-state index in [1.54, 1.807) is 13.0 Å². The standard InChI is InChI=1S/C33H30ClFN2O4S/c1-3-4-8-18-40-24-16-14-23(15-17-24)30-29(32(39)41-20-22-10-6-5-7-11-22)21(2)36-33-37(30)31(38)28(42-33)19-25-26(34)12-9-13-27(25)35/h5-7,9-17,19,30H,3-4,8,18,20H2,1-2H3/b28-19-. The minimum absolute atomic E-state index is 0.0733. The van der Waals surface area contributed by atoms with Gasteiger partial charge in [-0.15, -0.1) is 0 Å². The van der Waals surface area contributed by atoms with E-state index in [9.17, 15) is 14.0 Å². The Morgan fingerprint density at radius 2 is 1.83 bits per heavy atom. The van der Waals surface area contributed by atoms with Crippen LogP contribution in [0.25, 0.3) is 6.08 Å². The number of aromatic nitrogens is 1. The van der Waals surface area contributed by atoms with Crippen molar-refractivity contribution in [1.82, 2.24) is 4.57 Å². The van der Waals surface area contributed by atoms with E-state index in [4.69, 9.17) is 21.1 Å². The van der Waals surface area contributed by atoms with Crippen molar-refractivity contribution in [2.75, 3.05) is 6.61 Å². The summed E-state index contributed by atoms with van der Waals surface area (Å²) >= 11 is 7.36. The van der Waals surface area contributed by atoms with E-state index in [0.29, 0.717) is 28.4 Å². The fourth-order valence-corrected chi connectivity index (χ4v) is 6.01. The van der Waals surface area contributed by atoms with Crippen molar-refractivity contribution < 1.29 is 18.7 Å². The number of benzene rings is 3. The quantitative estimate of drug-likeness (QED) is 0.156. The van der Waals surface area contributed by atoms with Crippen LogP contribution in [0.4, 0.5) is 4.39 Å². The number of unbranched alkanes of at least 4 members (excludes halogenated alkanes) is 2. The summed E-state index contributed by atoms with van der Waals surface area (Å²) < 4.78 is 27.9. The Morgan fingerprint density at radius 1 is 1.07 bits per heavy atom. The molecule has 42 heavy (non-hydrogen) atoms. The summed E-state index contributed by atoms with van der Waals surface area (Å²) in [5.41, 5.74) is 1.92. The van der Waals surface area contributed by atoms with E-state index in [-0.39, 0.29) is 27.3 Å². The van der Waals surface area contributed by atoms with E-state index in [1.165, 1.54) is 22.8 Å². The van der Waals surface area contributed by atoms with Gasteiger partial charge in [0.2, 0.25) is 0 Å². The van der Waals surface area contributed by atoms with Crippen molar-refractivity contribution in [1.29, 1.82) is 0 Å². The molecule has 0 bridgehead atoms. The molecule has 0 radical (unpaired) electrons. The van der Waals surface area contributed by atoms with Crippen LogP contribution in [-0.4, -0.2) is 17.1 Å². The van der Waals surface area contributed by atoms with Crippen LogP contribution in [0.5, 0.6) is 5.75 Å². The van der Waals surface area contributed by atoms with Crippen LogP contribution in [0.1, 0.15) is 55.8 Å². The third kappa shape index (κ3) is 6.40. The third-order valence-corrected chi connectivity index (χ3v) is 8.25. The summed E-state index contributed by atoms with van der Waals surface area (Å²) in [5.74, 6) is -0.414. The number of nitrogens with zero attached hydrogens (tertiary/aromatic N) is 2. The topological polar surface area (TPSA) is 69.9 Å². The predicted molar refractivity (Wildman–Crippen MR) is 163 cm³/mol. The van der Waals surface area contributed by atoms with Crippen LogP contribution < -0.4 is 19.6 Å². The zero-order valence-electron chi connectivity index (χ0n) is 23.3. The van der Waals surface area contributed by atoms with E-state index < -0.39 is 23.4 Å². The molecule has 0 aliphatic carbocycles. The first-order valence-corrected chi connectivity index (χ1v) is 15.0. The molecule has 216 valence electrons. The molecule has 1 aromatic heterocycles. The van der Waals surface area contributed by atoms with E-state index in [2.05, 4.69) is 11.9 Å². The van der Waals surface area contributed by atoms with Crippen LogP contribution in [0.3, 0.4) is 0 Å². The van der Waals surface area contributed by atoms with Crippen LogP contribution in [0.15, 0.2) is 93.9 Å². The minimum Gasteiger partial charge on any atom is -0.494 e. The predicted octanol–water partition coefficient (Wildman–Crippen LogP) is 6.34. The Labute approximate surface area is 252 Å². The second-order valence-corrected chi connectivity index (χ2v) is 11.3. The highest BCUT2D eigenvalue weighted by Gasteiger charge is 2.33. The molecule has 5 rings (SSSR count). The normalized spacial score (nSPS) is 14.9. The van der Waals surface area contributed by atoms with Gasteiger partial charge in [0.25, 0.3) is 5.56 Å². The third-order valence-electron chi connectivity index (χ3n) is 6.94. The highest BCUT2D eigenvalue weighted by atomic mass is 35.5. The molecule has 1 atom stereocenters. The lowest BCUT2D eigenvalue weighted by Gasteiger charge is -2.25. The molecule has 0 spiro atoms. The van der Waals surface area contributed by atoms with E-state index in [0.717, 1.165) is 36.2 Å². The molecule has 6 nitrogen and oxygen atoms in total. The number of carbonyl (C=O) groups is 1. The highest BCUT2D eigenvalue weighted by molar-refractivity contribution is 7.07. The largest absolute Gasteiger partial charge is 0.494 e. The lowest BCUT2D eigenvalue weighted by molar-refractivity contribution is -0.140. The number of carbonyl (C=O) groups excluding carboxylic acids is 1. The maximum absolute atomic E-state index is 14.6. The van der Waals surface area contributed by atoms with Gasteiger partial charge in [-0.1, -0.05) is 91.2 Å². The van der Waals surface area contributed by atoms with Gasteiger partial charge in [-0.05, 0) is 54.8 Å². The van der Waals surface area contributed by atoms with Gasteiger partial charge in [-0.25, -0.2) is 14.2 Å². The molecule has 0 fully saturated rings. The van der Waals surface area contributed by atoms with Gasteiger partial charge in [-0.2, -0.15) is 0 Å². The summed E-state index contributed by atoms with van der Waals surface area (Å²) in [6.45, 7) is 4.54. The second-order valence-electron chi connectivity index (χ2n) is 9.90.